The number of hydrogen-bond donors (Lipinski definition) is 2. The van der Waals surface area contributed by atoms with Crippen LogP contribution in [0.1, 0.15) is 24.6 Å². The molecule has 7 heteroatoms. The van der Waals surface area contributed by atoms with Crippen molar-refractivity contribution >= 4 is 5.82 Å². The second-order valence-electron chi connectivity index (χ2n) is 4.25. The zero-order chi connectivity index (χ0) is 13.1. The predicted octanol–water partition coefficient (Wildman–Crippen LogP) is -0.358. The summed E-state index contributed by atoms with van der Waals surface area (Å²) in [6, 6.07) is 0. The molecule has 0 aliphatic carbocycles. The maximum Gasteiger partial charge on any atom is 0.351 e. The molecule has 100 valence electrons. The van der Waals surface area contributed by atoms with Gasteiger partial charge in [-0.2, -0.15) is 4.98 Å². The van der Waals surface area contributed by atoms with Gasteiger partial charge in [-0.05, 0) is 12.8 Å². The lowest BCUT2D eigenvalue weighted by Gasteiger charge is -2.16. The Labute approximate surface area is 104 Å². The zero-order valence-corrected chi connectivity index (χ0v) is 10.2. The fourth-order valence-electron chi connectivity index (χ4n) is 2.02. The van der Waals surface area contributed by atoms with E-state index in [9.17, 15) is 4.79 Å². The van der Waals surface area contributed by atoms with Crippen molar-refractivity contribution in [1.29, 1.82) is 0 Å². The summed E-state index contributed by atoms with van der Waals surface area (Å²) in [7, 11) is 1.54. The number of methoxy groups -OCH3 is 1. The Balaban J connectivity index is 2.27. The molecule has 0 radical (unpaired) electrons. The molecular formula is C11H17N3O4. The maximum atomic E-state index is 11.8. The quantitative estimate of drug-likeness (QED) is 0.762. The third-order valence-electron chi connectivity index (χ3n) is 2.96. The number of nitrogens with two attached hydrogens (primary N) is 1. The van der Waals surface area contributed by atoms with Crippen molar-refractivity contribution in [2.24, 2.45) is 0 Å². The molecule has 0 aromatic carbocycles. The van der Waals surface area contributed by atoms with Crippen LogP contribution in [0.25, 0.3) is 0 Å². The average Bonchev–Trinajstić information content (AvgIpc) is 2.81. The Morgan fingerprint density at radius 1 is 1.67 bits per heavy atom. The third-order valence-corrected chi connectivity index (χ3v) is 2.96. The second-order valence-corrected chi connectivity index (χ2v) is 4.25. The molecule has 1 saturated heterocycles. The van der Waals surface area contributed by atoms with Gasteiger partial charge in [-0.15, -0.1) is 0 Å². The molecule has 1 aliphatic rings. The highest BCUT2D eigenvalue weighted by Gasteiger charge is 2.27. The number of hydrogen-bond acceptors (Lipinski definition) is 6. The Bertz CT molecular complexity index is 474. The maximum absolute atomic E-state index is 11.8. The van der Waals surface area contributed by atoms with Crippen LogP contribution in [0.2, 0.25) is 0 Å². The molecular weight excluding hydrogens is 238 g/mol. The van der Waals surface area contributed by atoms with Crippen LogP contribution in [-0.2, 0) is 16.1 Å². The van der Waals surface area contributed by atoms with Crippen molar-refractivity contribution in [3.8, 4) is 0 Å². The normalized spacial score (nSPS) is 23.4. The summed E-state index contributed by atoms with van der Waals surface area (Å²) in [5, 5.41) is 9.01. The minimum Gasteiger partial charge on any atom is -0.394 e. The molecule has 1 fully saturated rings. The van der Waals surface area contributed by atoms with Crippen molar-refractivity contribution < 1.29 is 14.6 Å². The Hall–Kier alpha value is -1.44. The second kappa shape index (κ2) is 5.47. The minimum atomic E-state index is -0.448. The highest BCUT2D eigenvalue weighted by molar-refractivity contribution is 5.36. The first-order valence-electron chi connectivity index (χ1n) is 5.78. The number of ether oxygens (including phenoxy) is 2. The van der Waals surface area contributed by atoms with Gasteiger partial charge >= 0.3 is 5.69 Å². The van der Waals surface area contributed by atoms with Crippen molar-refractivity contribution in [3.05, 3.63) is 22.2 Å². The van der Waals surface area contributed by atoms with Gasteiger partial charge in [-0.25, -0.2) is 4.79 Å². The number of rotatable bonds is 4. The summed E-state index contributed by atoms with van der Waals surface area (Å²) in [4.78, 5) is 15.5. The molecule has 2 rings (SSSR count). The van der Waals surface area contributed by atoms with Crippen molar-refractivity contribution in [2.45, 2.75) is 31.8 Å². The van der Waals surface area contributed by atoms with Gasteiger partial charge in [-0.3, -0.25) is 4.57 Å². The van der Waals surface area contributed by atoms with Gasteiger partial charge in [0.15, 0.2) is 0 Å². The first kappa shape index (κ1) is 13.0. The van der Waals surface area contributed by atoms with E-state index in [0.29, 0.717) is 12.0 Å². The van der Waals surface area contributed by atoms with E-state index in [1.54, 1.807) is 13.3 Å². The number of aliphatic hydroxyl groups excluding tert-OH is 1. The van der Waals surface area contributed by atoms with Crippen molar-refractivity contribution in [3.63, 3.8) is 0 Å². The first-order valence-corrected chi connectivity index (χ1v) is 5.78. The molecule has 0 bridgehead atoms. The van der Waals surface area contributed by atoms with Gasteiger partial charge in [0, 0.05) is 18.9 Å². The number of nitrogens with zero attached hydrogens (tertiary/aromatic N) is 2. The van der Waals surface area contributed by atoms with E-state index >= 15 is 0 Å². The summed E-state index contributed by atoms with van der Waals surface area (Å²) in [5.41, 5.74) is 5.84. The fourth-order valence-corrected chi connectivity index (χ4v) is 2.02. The molecule has 7 nitrogen and oxygen atoms in total. The lowest BCUT2D eigenvalue weighted by molar-refractivity contribution is -0.0247. The van der Waals surface area contributed by atoms with E-state index in [1.165, 1.54) is 4.57 Å². The van der Waals surface area contributed by atoms with Crippen LogP contribution < -0.4 is 11.4 Å². The minimum absolute atomic E-state index is 0.0431. The lowest BCUT2D eigenvalue weighted by Crippen LogP contribution is -2.29. The number of aliphatic hydroxyl groups is 1. The Morgan fingerprint density at radius 3 is 3.06 bits per heavy atom. The van der Waals surface area contributed by atoms with Gasteiger partial charge in [0.05, 0.1) is 19.3 Å². The van der Waals surface area contributed by atoms with E-state index in [2.05, 4.69) is 4.98 Å². The van der Waals surface area contributed by atoms with Gasteiger partial charge in [-0.1, -0.05) is 0 Å². The Morgan fingerprint density at radius 2 is 2.44 bits per heavy atom. The van der Waals surface area contributed by atoms with Crippen LogP contribution in [0.4, 0.5) is 5.82 Å². The number of aromatic nitrogens is 2. The number of nitrogen functional groups attached to an aromatic ring is 1. The molecule has 2 heterocycles. The lowest BCUT2D eigenvalue weighted by atomic mass is 10.2. The van der Waals surface area contributed by atoms with Crippen molar-refractivity contribution in [2.75, 3.05) is 19.5 Å². The molecule has 3 N–H and O–H groups in total. The molecule has 0 unspecified atom stereocenters. The van der Waals surface area contributed by atoms with Gasteiger partial charge in [0.25, 0.3) is 0 Å². The fraction of sp³-hybridized carbons (Fsp3) is 0.636. The molecule has 0 saturated carbocycles. The summed E-state index contributed by atoms with van der Waals surface area (Å²) in [6.45, 7) is 0.244. The highest BCUT2D eigenvalue weighted by Crippen LogP contribution is 2.27. The van der Waals surface area contributed by atoms with Crippen molar-refractivity contribution in [1.82, 2.24) is 9.55 Å². The van der Waals surface area contributed by atoms with Crippen LogP contribution in [0.5, 0.6) is 0 Å². The SMILES string of the molecule is COCc1cn([C@H]2CC[C@@H](CO)O2)c(=O)nc1N. The van der Waals surface area contributed by atoms with E-state index in [4.69, 9.17) is 20.3 Å². The number of anilines is 1. The molecule has 2 atom stereocenters. The van der Waals surface area contributed by atoms with Gasteiger partial charge < -0.3 is 20.3 Å². The van der Waals surface area contributed by atoms with E-state index in [1.807, 2.05) is 0 Å². The highest BCUT2D eigenvalue weighted by atomic mass is 16.5. The smallest absolute Gasteiger partial charge is 0.351 e. The van der Waals surface area contributed by atoms with Gasteiger partial charge in [0.1, 0.15) is 12.0 Å². The molecule has 1 aliphatic heterocycles. The average molecular weight is 255 g/mol. The Kier molecular flexibility index (Phi) is 3.95. The first-order chi connectivity index (χ1) is 8.65. The van der Waals surface area contributed by atoms with Gasteiger partial charge in [0.2, 0.25) is 0 Å². The predicted molar refractivity (Wildman–Crippen MR) is 63.9 cm³/mol. The molecule has 0 amide bonds. The summed E-state index contributed by atoms with van der Waals surface area (Å²) < 4.78 is 11.9. The molecule has 18 heavy (non-hydrogen) atoms. The monoisotopic (exact) mass is 255 g/mol. The van der Waals surface area contributed by atoms with Crippen LogP contribution in [0.15, 0.2) is 11.0 Å². The van der Waals surface area contributed by atoms with E-state index < -0.39 is 11.9 Å². The summed E-state index contributed by atoms with van der Waals surface area (Å²) in [6.07, 6.45) is 2.39. The zero-order valence-electron chi connectivity index (χ0n) is 10.2. The molecule has 0 spiro atoms. The third kappa shape index (κ3) is 2.53. The molecule has 1 aromatic rings. The largest absolute Gasteiger partial charge is 0.394 e. The van der Waals surface area contributed by atoms with Crippen LogP contribution in [0.3, 0.4) is 0 Å². The topological polar surface area (TPSA) is 99.6 Å². The summed E-state index contributed by atoms with van der Waals surface area (Å²) in [5.74, 6) is 0.176. The van der Waals surface area contributed by atoms with Crippen LogP contribution >= 0.6 is 0 Å². The van der Waals surface area contributed by atoms with E-state index in [0.717, 1.165) is 6.42 Å². The molecule has 1 aromatic heterocycles. The van der Waals surface area contributed by atoms with Crippen LogP contribution in [0, 0.1) is 0 Å². The van der Waals surface area contributed by atoms with Crippen LogP contribution in [-0.4, -0.2) is 34.5 Å². The van der Waals surface area contributed by atoms with E-state index in [-0.39, 0.29) is 25.1 Å². The summed E-state index contributed by atoms with van der Waals surface area (Å²) >= 11 is 0. The standard InChI is InChI=1S/C11H17N3O4/c1-17-6-7-4-14(11(16)13-10(7)12)9-3-2-8(5-15)18-9/h4,8-9,15H,2-3,5-6H2,1H3,(H2,12,13,16)/t8-,9+/m0/s1.